The molecule has 20 heavy (non-hydrogen) atoms. The summed E-state index contributed by atoms with van der Waals surface area (Å²) in [5, 5.41) is 1.58. The lowest BCUT2D eigenvalue weighted by molar-refractivity contribution is 0.400. The van der Waals surface area contributed by atoms with Gasteiger partial charge in [0.25, 0.3) is 0 Å². The van der Waals surface area contributed by atoms with Crippen LogP contribution >= 0.6 is 11.6 Å². The Labute approximate surface area is 121 Å². The second-order valence-corrected chi connectivity index (χ2v) is 4.76. The number of anilines is 1. The van der Waals surface area contributed by atoms with E-state index >= 15 is 0 Å². The smallest absolute Gasteiger partial charge is 0.236 e. The third-order valence-corrected chi connectivity index (χ3v) is 3.41. The summed E-state index contributed by atoms with van der Waals surface area (Å²) in [5.74, 6) is 0.417. The average Bonchev–Trinajstić information content (AvgIpc) is 2.47. The molecular weight excluding hydrogens is 274 g/mol. The van der Waals surface area contributed by atoms with Crippen LogP contribution in [0.25, 0.3) is 22.0 Å². The van der Waals surface area contributed by atoms with Crippen LogP contribution in [0.3, 0.4) is 0 Å². The van der Waals surface area contributed by atoms with Gasteiger partial charge in [-0.3, -0.25) is 4.98 Å². The van der Waals surface area contributed by atoms with Crippen LogP contribution in [-0.4, -0.2) is 17.1 Å². The maximum absolute atomic E-state index is 6.20. The highest BCUT2D eigenvalue weighted by molar-refractivity contribution is 6.35. The first kappa shape index (κ1) is 12.7. The van der Waals surface area contributed by atoms with Crippen molar-refractivity contribution >= 4 is 28.2 Å². The van der Waals surface area contributed by atoms with Gasteiger partial charge in [0.1, 0.15) is 0 Å². The van der Waals surface area contributed by atoms with Crippen LogP contribution in [-0.2, 0) is 0 Å². The van der Waals surface area contributed by atoms with Gasteiger partial charge in [0, 0.05) is 33.9 Å². The predicted octanol–water partition coefficient (Wildman–Crippen LogP) is 3.54. The van der Waals surface area contributed by atoms with Crippen LogP contribution in [0.5, 0.6) is 5.88 Å². The molecule has 2 heterocycles. The molecule has 1 aromatic carbocycles. The Hall–Kier alpha value is -2.33. The number of hydrogen-bond donors (Lipinski definition) is 1. The highest BCUT2D eigenvalue weighted by atomic mass is 35.5. The summed E-state index contributed by atoms with van der Waals surface area (Å²) in [5.41, 5.74) is 9.01. The van der Waals surface area contributed by atoms with Crippen LogP contribution in [0.4, 0.5) is 5.69 Å². The molecule has 2 aromatic heterocycles. The number of halogens is 1. The Kier molecular flexibility index (Phi) is 3.16. The minimum absolute atomic E-state index is 0.417. The Morgan fingerprint density at radius 1 is 1.10 bits per heavy atom. The van der Waals surface area contributed by atoms with Gasteiger partial charge in [-0.2, -0.15) is 0 Å². The molecule has 2 N–H and O–H groups in total. The van der Waals surface area contributed by atoms with Gasteiger partial charge >= 0.3 is 0 Å². The van der Waals surface area contributed by atoms with E-state index < -0.39 is 0 Å². The molecule has 0 aliphatic carbocycles. The average molecular weight is 286 g/mol. The van der Waals surface area contributed by atoms with E-state index in [2.05, 4.69) is 9.97 Å². The molecule has 0 saturated carbocycles. The monoisotopic (exact) mass is 285 g/mol. The standard InChI is InChI=1S/C15H12ClN3O/c1-20-15-13(17)6-10(8-19-15)9-5-11-12(16)3-2-4-14(11)18-7-9/h2-8H,17H2,1H3. The Balaban J connectivity index is 2.14. The summed E-state index contributed by atoms with van der Waals surface area (Å²) < 4.78 is 5.05. The topological polar surface area (TPSA) is 61.0 Å². The molecule has 4 nitrogen and oxygen atoms in total. The summed E-state index contributed by atoms with van der Waals surface area (Å²) in [6.45, 7) is 0. The van der Waals surface area contributed by atoms with E-state index in [0.29, 0.717) is 16.6 Å². The van der Waals surface area contributed by atoms with E-state index in [-0.39, 0.29) is 0 Å². The van der Waals surface area contributed by atoms with E-state index in [4.69, 9.17) is 22.1 Å². The molecule has 0 aliphatic heterocycles. The van der Waals surface area contributed by atoms with Crippen LogP contribution in [0.2, 0.25) is 5.02 Å². The zero-order chi connectivity index (χ0) is 14.1. The molecule has 0 saturated heterocycles. The first-order chi connectivity index (χ1) is 9.69. The number of rotatable bonds is 2. The van der Waals surface area contributed by atoms with Crippen molar-refractivity contribution < 1.29 is 4.74 Å². The van der Waals surface area contributed by atoms with Crippen molar-refractivity contribution in [2.75, 3.05) is 12.8 Å². The maximum atomic E-state index is 6.20. The van der Waals surface area contributed by atoms with Crippen molar-refractivity contribution in [2.24, 2.45) is 0 Å². The first-order valence-corrected chi connectivity index (χ1v) is 6.41. The summed E-state index contributed by atoms with van der Waals surface area (Å²) in [4.78, 5) is 8.57. The number of aromatic nitrogens is 2. The van der Waals surface area contributed by atoms with E-state index in [0.717, 1.165) is 22.0 Å². The minimum Gasteiger partial charge on any atom is -0.480 e. The van der Waals surface area contributed by atoms with Gasteiger partial charge in [0.2, 0.25) is 5.88 Å². The van der Waals surface area contributed by atoms with E-state index in [1.54, 1.807) is 12.4 Å². The Morgan fingerprint density at radius 2 is 1.85 bits per heavy atom. The second kappa shape index (κ2) is 4.98. The lowest BCUT2D eigenvalue weighted by Crippen LogP contribution is -1.95. The number of pyridine rings is 2. The SMILES string of the molecule is COc1ncc(-c2cnc3cccc(Cl)c3c2)cc1N. The normalized spacial score (nSPS) is 10.7. The number of nitrogens with zero attached hydrogens (tertiary/aromatic N) is 2. The third-order valence-electron chi connectivity index (χ3n) is 3.08. The zero-order valence-electron chi connectivity index (χ0n) is 10.8. The molecule has 3 rings (SSSR count). The fraction of sp³-hybridized carbons (Fsp3) is 0.0667. The predicted molar refractivity (Wildman–Crippen MR) is 80.9 cm³/mol. The number of nitrogens with two attached hydrogens (primary N) is 1. The van der Waals surface area contributed by atoms with Crippen molar-refractivity contribution in [1.82, 2.24) is 9.97 Å². The van der Waals surface area contributed by atoms with Crippen molar-refractivity contribution in [3.05, 3.63) is 47.7 Å². The van der Waals surface area contributed by atoms with Crippen molar-refractivity contribution in [3.63, 3.8) is 0 Å². The van der Waals surface area contributed by atoms with E-state index in [9.17, 15) is 0 Å². The Morgan fingerprint density at radius 3 is 2.60 bits per heavy atom. The number of hydrogen-bond acceptors (Lipinski definition) is 4. The first-order valence-electron chi connectivity index (χ1n) is 6.03. The fourth-order valence-electron chi connectivity index (χ4n) is 2.07. The van der Waals surface area contributed by atoms with Crippen molar-refractivity contribution in [2.45, 2.75) is 0 Å². The van der Waals surface area contributed by atoms with Gasteiger partial charge in [-0.1, -0.05) is 17.7 Å². The van der Waals surface area contributed by atoms with Gasteiger partial charge in [-0.05, 0) is 24.3 Å². The number of nitrogen functional groups attached to an aromatic ring is 1. The van der Waals surface area contributed by atoms with Crippen LogP contribution in [0, 0.1) is 0 Å². The molecule has 0 spiro atoms. The molecular formula is C15H12ClN3O. The number of ether oxygens (including phenoxy) is 1. The number of fused-ring (bicyclic) bond motifs is 1. The maximum Gasteiger partial charge on any atom is 0.236 e. The van der Waals surface area contributed by atoms with Crippen molar-refractivity contribution in [3.8, 4) is 17.0 Å². The summed E-state index contributed by atoms with van der Waals surface area (Å²) in [6, 6.07) is 9.44. The molecule has 5 heteroatoms. The molecule has 0 bridgehead atoms. The highest BCUT2D eigenvalue weighted by Gasteiger charge is 2.07. The lowest BCUT2D eigenvalue weighted by atomic mass is 10.1. The molecule has 0 fully saturated rings. The van der Waals surface area contributed by atoms with Gasteiger partial charge in [0.15, 0.2) is 0 Å². The second-order valence-electron chi connectivity index (χ2n) is 4.35. The molecule has 100 valence electrons. The molecule has 0 radical (unpaired) electrons. The van der Waals surface area contributed by atoms with Crippen molar-refractivity contribution in [1.29, 1.82) is 0 Å². The quantitative estimate of drug-likeness (QED) is 0.782. The molecule has 0 amide bonds. The summed E-state index contributed by atoms with van der Waals surface area (Å²) in [6.07, 6.45) is 3.48. The molecule has 0 unspecified atom stereocenters. The lowest BCUT2D eigenvalue weighted by Gasteiger charge is -2.07. The summed E-state index contributed by atoms with van der Waals surface area (Å²) >= 11 is 6.20. The molecule has 0 atom stereocenters. The van der Waals surface area contributed by atoms with Gasteiger partial charge in [-0.15, -0.1) is 0 Å². The van der Waals surface area contributed by atoms with Crippen LogP contribution in [0.15, 0.2) is 42.7 Å². The van der Waals surface area contributed by atoms with E-state index in [1.807, 2.05) is 30.3 Å². The fourth-order valence-corrected chi connectivity index (χ4v) is 2.29. The van der Waals surface area contributed by atoms with E-state index in [1.165, 1.54) is 7.11 Å². The number of benzene rings is 1. The molecule has 3 aromatic rings. The largest absolute Gasteiger partial charge is 0.480 e. The Bertz CT molecular complexity index is 789. The summed E-state index contributed by atoms with van der Waals surface area (Å²) in [7, 11) is 1.54. The van der Waals surface area contributed by atoms with Crippen LogP contribution in [0.1, 0.15) is 0 Å². The van der Waals surface area contributed by atoms with Crippen LogP contribution < -0.4 is 10.5 Å². The minimum atomic E-state index is 0.417. The van der Waals surface area contributed by atoms with Gasteiger partial charge < -0.3 is 10.5 Å². The highest BCUT2D eigenvalue weighted by Crippen LogP contribution is 2.29. The van der Waals surface area contributed by atoms with Gasteiger partial charge in [0.05, 0.1) is 18.3 Å². The third kappa shape index (κ3) is 2.14. The zero-order valence-corrected chi connectivity index (χ0v) is 11.6. The number of methoxy groups -OCH3 is 1. The molecule has 0 aliphatic rings. The van der Waals surface area contributed by atoms with Gasteiger partial charge in [-0.25, -0.2) is 4.98 Å².